The average molecular weight is 368 g/mol. The highest BCUT2D eigenvalue weighted by molar-refractivity contribution is 7.89. The van der Waals surface area contributed by atoms with Crippen LogP contribution in [0.1, 0.15) is 33.3 Å². The number of aryl methyl sites for hydroxylation is 1. The summed E-state index contributed by atoms with van der Waals surface area (Å²) in [7, 11) is -1.99. The Morgan fingerprint density at radius 3 is 2.24 bits per heavy atom. The number of benzene rings is 1. The standard InChI is InChI=1S/C18H28N2O4S/c1-6-14-13-15(7-8-16(14)24-5)25(22,23)20-11-9-19(10-12-20)17(21)18(2,3)4/h7-8,13H,6,9-12H2,1-5H3. The first-order valence-electron chi connectivity index (χ1n) is 8.57. The minimum Gasteiger partial charge on any atom is -0.496 e. The Hall–Kier alpha value is -1.60. The van der Waals surface area contributed by atoms with Gasteiger partial charge in [0.05, 0.1) is 12.0 Å². The van der Waals surface area contributed by atoms with Gasteiger partial charge in [-0.3, -0.25) is 4.79 Å². The summed E-state index contributed by atoms with van der Waals surface area (Å²) >= 11 is 0. The van der Waals surface area contributed by atoms with Gasteiger partial charge in [-0.1, -0.05) is 27.7 Å². The summed E-state index contributed by atoms with van der Waals surface area (Å²) in [6.07, 6.45) is 0.695. The molecule has 0 atom stereocenters. The summed E-state index contributed by atoms with van der Waals surface area (Å²) in [6.45, 7) is 9.07. The minimum atomic E-state index is -3.56. The molecule has 25 heavy (non-hydrogen) atoms. The SMILES string of the molecule is CCc1cc(S(=O)(=O)N2CCN(C(=O)C(C)(C)C)CC2)ccc1OC. The highest BCUT2D eigenvalue weighted by Gasteiger charge is 2.33. The number of rotatable bonds is 4. The van der Waals surface area contributed by atoms with Crippen molar-refractivity contribution in [3.8, 4) is 5.75 Å². The average Bonchev–Trinajstić information content (AvgIpc) is 2.59. The normalized spacial score (nSPS) is 16.8. The molecular formula is C18H28N2O4S. The fourth-order valence-electron chi connectivity index (χ4n) is 2.95. The van der Waals surface area contributed by atoms with E-state index in [-0.39, 0.29) is 10.8 Å². The molecular weight excluding hydrogens is 340 g/mol. The number of amides is 1. The maximum atomic E-state index is 12.9. The predicted octanol–water partition coefficient (Wildman–Crippen LogP) is 2.14. The van der Waals surface area contributed by atoms with Crippen molar-refractivity contribution >= 4 is 15.9 Å². The number of carbonyl (C=O) groups is 1. The van der Waals surface area contributed by atoms with Crippen molar-refractivity contribution in [2.45, 2.75) is 39.0 Å². The summed E-state index contributed by atoms with van der Waals surface area (Å²) in [5.41, 5.74) is 0.415. The van der Waals surface area contributed by atoms with Crippen LogP contribution >= 0.6 is 0 Å². The molecule has 1 aromatic carbocycles. The molecule has 1 saturated heterocycles. The molecule has 0 N–H and O–H groups in total. The maximum Gasteiger partial charge on any atom is 0.243 e. The van der Waals surface area contributed by atoms with Crippen LogP contribution in [0.3, 0.4) is 0 Å². The molecule has 1 aromatic rings. The Morgan fingerprint density at radius 1 is 1.16 bits per heavy atom. The lowest BCUT2D eigenvalue weighted by atomic mass is 9.94. The third-order valence-corrected chi connectivity index (χ3v) is 6.33. The van der Waals surface area contributed by atoms with Crippen LogP contribution in [0, 0.1) is 5.41 Å². The largest absolute Gasteiger partial charge is 0.496 e. The zero-order chi connectivity index (χ0) is 18.8. The molecule has 6 nitrogen and oxygen atoms in total. The van der Waals surface area contributed by atoms with Crippen molar-refractivity contribution in [1.82, 2.24) is 9.21 Å². The zero-order valence-electron chi connectivity index (χ0n) is 15.7. The number of ether oxygens (including phenoxy) is 1. The number of hydrogen-bond acceptors (Lipinski definition) is 4. The van der Waals surface area contributed by atoms with E-state index >= 15 is 0 Å². The second-order valence-electron chi connectivity index (χ2n) is 7.27. The van der Waals surface area contributed by atoms with E-state index in [0.29, 0.717) is 38.3 Å². The molecule has 1 amide bonds. The smallest absolute Gasteiger partial charge is 0.243 e. The molecule has 2 rings (SSSR count). The molecule has 0 unspecified atom stereocenters. The van der Waals surface area contributed by atoms with Gasteiger partial charge in [0, 0.05) is 31.6 Å². The van der Waals surface area contributed by atoms with Gasteiger partial charge in [0.25, 0.3) is 0 Å². The Kier molecular flexibility index (Phi) is 5.79. The van der Waals surface area contributed by atoms with Crippen LogP contribution in [0.5, 0.6) is 5.75 Å². The van der Waals surface area contributed by atoms with E-state index < -0.39 is 15.4 Å². The van der Waals surface area contributed by atoms with Gasteiger partial charge in [-0.2, -0.15) is 4.31 Å². The minimum absolute atomic E-state index is 0.0577. The number of nitrogens with zero attached hydrogens (tertiary/aromatic N) is 2. The fourth-order valence-corrected chi connectivity index (χ4v) is 4.42. The van der Waals surface area contributed by atoms with E-state index in [2.05, 4.69) is 0 Å². The van der Waals surface area contributed by atoms with Gasteiger partial charge in [-0.05, 0) is 30.2 Å². The molecule has 1 fully saturated rings. The van der Waals surface area contributed by atoms with Crippen molar-refractivity contribution in [2.75, 3.05) is 33.3 Å². The number of sulfonamides is 1. The van der Waals surface area contributed by atoms with Crippen LogP contribution in [-0.2, 0) is 21.2 Å². The number of piperazine rings is 1. The number of carbonyl (C=O) groups excluding carboxylic acids is 1. The zero-order valence-corrected chi connectivity index (χ0v) is 16.5. The van der Waals surface area contributed by atoms with Crippen molar-refractivity contribution in [3.63, 3.8) is 0 Å². The molecule has 0 aromatic heterocycles. The summed E-state index contributed by atoms with van der Waals surface area (Å²) < 4.78 is 32.5. The Morgan fingerprint density at radius 2 is 1.76 bits per heavy atom. The van der Waals surface area contributed by atoms with Crippen molar-refractivity contribution in [2.24, 2.45) is 5.41 Å². The second-order valence-corrected chi connectivity index (χ2v) is 9.21. The van der Waals surface area contributed by atoms with Crippen molar-refractivity contribution < 1.29 is 17.9 Å². The summed E-state index contributed by atoms with van der Waals surface area (Å²) in [5, 5.41) is 0. The molecule has 140 valence electrons. The molecule has 0 spiro atoms. The van der Waals surface area contributed by atoms with Gasteiger partial charge in [-0.15, -0.1) is 0 Å². The first-order valence-corrected chi connectivity index (χ1v) is 10.0. The van der Waals surface area contributed by atoms with Gasteiger partial charge in [0.15, 0.2) is 0 Å². The summed E-state index contributed by atoms with van der Waals surface area (Å²) in [5.74, 6) is 0.754. The van der Waals surface area contributed by atoms with Crippen LogP contribution in [0.15, 0.2) is 23.1 Å². The molecule has 0 saturated carbocycles. The Bertz CT molecular complexity index is 730. The van der Waals surface area contributed by atoms with E-state index in [1.165, 1.54) is 4.31 Å². The topological polar surface area (TPSA) is 66.9 Å². The Balaban J connectivity index is 2.16. The van der Waals surface area contributed by atoms with Crippen LogP contribution in [0.2, 0.25) is 0 Å². The third-order valence-electron chi connectivity index (χ3n) is 4.44. The van der Waals surface area contributed by atoms with Gasteiger partial charge in [0.1, 0.15) is 5.75 Å². The van der Waals surface area contributed by atoms with Crippen LogP contribution < -0.4 is 4.74 Å². The van der Waals surface area contributed by atoms with E-state index in [1.807, 2.05) is 27.7 Å². The molecule has 1 heterocycles. The summed E-state index contributed by atoms with van der Waals surface area (Å²) in [4.78, 5) is 14.4. The van der Waals surface area contributed by atoms with Crippen LogP contribution in [0.25, 0.3) is 0 Å². The highest BCUT2D eigenvalue weighted by Crippen LogP contribution is 2.26. The third kappa shape index (κ3) is 4.15. The maximum absolute atomic E-state index is 12.9. The van der Waals surface area contributed by atoms with Crippen molar-refractivity contribution in [1.29, 1.82) is 0 Å². The molecule has 0 bridgehead atoms. The molecule has 1 aliphatic rings. The highest BCUT2D eigenvalue weighted by atomic mass is 32.2. The van der Waals surface area contributed by atoms with Crippen molar-refractivity contribution in [3.05, 3.63) is 23.8 Å². The molecule has 1 aliphatic heterocycles. The first-order chi connectivity index (χ1) is 11.6. The first kappa shape index (κ1) is 19.7. The van der Waals surface area contributed by atoms with Gasteiger partial charge in [-0.25, -0.2) is 8.42 Å². The fraction of sp³-hybridized carbons (Fsp3) is 0.611. The number of methoxy groups -OCH3 is 1. The van der Waals surface area contributed by atoms with Crippen LogP contribution in [0.4, 0.5) is 0 Å². The van der Waals surface area contributed by atoms with Gasteiger partial charge < -0.3 is 9.64 Å². The lowest BCUT2D eigenvalue weighted by molar-refractivity contribution is -0.140. The van der Waals surface area contributed by atoms with Crippen LogP contribution in [-0.4, -0.2) is 56.8 Å². The monoisotopic (exact) mass is 368 g/mol. The van der Waals surface area contributed by atoms with E-state index in [4.69, 9.17) is 4.74 Å². The molecule has 7 heteroatoms. The van der Waals surface area contributed by atoms with E-state index in [9.17, 15) is 13.2 Å². The molecule has 0 radical (unpaired) electrons. The van der Waals surface area contributed by atoms with Gasteiger partial charge >= 0.3 is 0 Å². The quantitative estimate of drug-likeness (QED) is 0.817. The lowest BCUT2D eigenvalue weighted by Gasteiger charge is -2.37. The lowest BCUT2D eigenvalue weighted by Crippen LogP contribution is -2.52. The second kappa shape index (κ2) is 7.33. The Labute approximate surface area is 150 Å². The number of hydrogen-bond donors (Lipinski definition) is 0. The van der Waals surface area contributed by atoms with E-state index in [0.717, 1.165) is 5.56 Å². The van der Waals surface area contributed by atoms with Gasteiger partial charge in [0.2, 0.25) is 15.9 Å². The van der Waals surface area contributed by atoms with E-state index in [1.54, 1.807) is 30.2 Å². The predicted molar refractivity (Wildman–Crippen MR) is 97.2 cm³/mol. The molecule has 0 aliphatic carbocycles. The summed E-state index contributed by atoms with van der Waals surface area (Å²) in [6, 6.07) is 4.96.